The molecule has 9 heteroatoms. The molecule has 2 aromatic carbocycles. The van der Waals surface area contributed by atoms with Crippen LogP contribution in [-0.2, 0) is 16.1 Å². The lowest BCUT2D eigenvalue weighted by Crippen LogP contribution is -2.31. The Morgan fingerprint density at radius 1 is 1.00 bits per heavy atom. The van der Waals surface area contributed by atoms with Crippen LogP contribution >= 0.6 is 0 Å². The Bertz CT molecular complexity index is 863. The smallest absolute Gasteiger partial charge is 0.496 e. The first kappa shape index (κ1) is 21.8. The van der Waals surface area contributed by atoms with Crippen LogP contribution in [0.3, 0.4) is 0 Å². The van der Waals surface area contributed by atoms with Crippen LogP contribution in [-0.4, -0.2) is 44.6 Å². The van der Waals surface area contributed by atoms with E-state index in [-0.39, 0.29) is 24.2 Å². The minimum atomic E-state index is -4.76. The minimum absolute atomic E-state index is 0.177. The number of amides is 1. The monoisotopic (exact) mass is 425 g/mol. The summed E-state index contributed by atoms with van der Waals surface area (Å²) in [5, 5.41) is 0. The number of carbonyl (C=O) groups is 1. The normalized spacial score (nSPS) is 19.1. The zero-order chi connectivity index (χ0) is 21.9. The number of benzene rings is 2. The molecular weight excluding hydrogens is 403 g/mol. The maximum Gasteiger partial charge on any atom is 0.573 e. The Labute approximate surface area is 172 Å². The van der Waals surface area contributed by atoms with Crippen molar-refractivity contribution >= 4 is 5.91 Å². The van der Waals surface area contributed by atoms with Crippen molar-refractivity contribution in [3.63, 3.8) is 0 Å². The molecule has 162 valence electrons. The highest BCUT2D eigenvalue weighted by molar-refractivity contribution is 5.84. The SMILES string of the molecule is COc1cccc(OC)c1[C@@H]1C[C@H](OC)C(=O)N1Cc1ccc(OC(F)(F)F)cc1. The number of halogens is 3. The molecule has 1 aliphatic heterocycles. The first-order valence-corrected chi connectivity index (χ1v) is 9.16. The van der Waals surface area contributed by atoms with Crippen LogP contribution in [0.1, 0.15) is 23.6 Å². The average molecular weight is 425 g/mol. The summed E-state index contributed by atoms with van der Waals surface area (Å²) in [5.74, 6) is 0.605. The van der Waals surface area contributed by atoms with Crippen molar-refractivity contribution in [1.82, 2.24) is 4.90 Å². The molecular formula is C21H22F3NO5. The minimum Gasteiger partial charge on any atom is -0.496 e. The van der Waals surface area contributed by atoms with Gasteiger partial charge in [0.2, 0.25) is 0 Å². The van der Waals surface area contributed by atoms with Crippen molar-refractivity contribution in [1.29, 1.82) is 0 Å². The summed E-state index contributed by atoms with van der Waals surface area (Å²) in [6.45, 7) is 0.177. The number of hydrogen-bond donors (Lipinski definition) is 0. The van der Waals surface area contributed by atoms with Crippen molar-refractivity contribution in [3.05, 3.63) is 53.6 Å². The van der Waals surface area contributed by atoms with Gasteiger partial charge in [0.05, 0.1) is 25.8 Å². The van der Waals surface area contributed by atoms with Crippen molar-refractivity contribution in [2.45, 2.75) is 31.5 Å². The van der Waals surface area contributed by atoms with E-state index in [4.69, 9.17) is 14.2 Å². The number of nitrogens with zero attached hydrogens (tertiary/aromatic N) is 1. The molecule has 6 nitrogen and oxygen atoms in total. The largest absolute Gasteiger partial charge is 0.573 e. The first-order chi connectivity index (χ1) is 14.3. The fourth-order valence-electron chi connectivity index (χ4n) is 3.63. The highest BCUT2D eigenvalue weighted by Crippen LogP contribution is 2.44. The summed E-state index contributed by atoms with van der Waals surface area (Å²) < 4.78 is 57.3. The summed E-state index contributed by atoms with van der Waals surface area (Å²) in [6.07, 6.45) is -5.01. The van der Waals surface area contributed by atoms with Gasteiger partial charge in [0.25, 0.3) is 5.91 Å². The van der Waals surface area contributed by atoms with Gasteiger partial charge in [-0.25, -0.2) is 0 Å². The number of alkyl halides is 3. The maximum absolute atomic E-state index is 12.9. The first-order valence-electron chi connectivity index (χ1n) is 9.16. The number of hydrogen-bond acceptors (Lipinski definition) is 5. The molecule has 30 heavy (non-hydrogen) atoms. The summed E-state index contributed by atoms with van der Waals surface area (Å²) in [5.41, 5.74) is 1.36. The second kappa shape index (κ2) is 8.83. The maximum atomic E-state index is 12.9. The van der Waals surface area contributed by atoms with Gasteiger partial charge in [-0.1, -0.05) is 18.2 Å². The van der Waals surface area contributed by atoms with Crippen LogP contribution in [0.15, 0.2) is 42.5 Å². The van der Waals surface area contributed by atoms with Crippen LogP contribution in [0.5, 0.6) is 17.2 Å². The van der Waals surface area contributed by atoms with E-state index >= 15 is 0 Å². The number of ether oxygens (including phenoxy) is 4. The lowest BCUT2D eigenvalue weighted by Gasteiger charge is -2.27. The Morgan fingerprint density at radius 2 is 1.60 bits per heavy atom. The van der Waals surface area contributed by atoms with E-state index in [9.17, 15) is 18.0 Å². The quantitative estimate of drug-likeness (QED) is 0.669. The molecule has 3 rings (SSSR count). The van der Waals surface area contributed by atoms with E-state index in [1.807, 2.05) is 0 Å². The van der Waals surface area contributed by atoms with Crippen LogP contribution in [0.25, 0.3) is 0 Å². The van der Waals surface area contributed by atoms with Crippen LogP contribution < -0.4 is 14.2 Å². The topological polar surface area (TPSA) is 57.2 Å². The van der Waals surface area contributed by atoms with Crippen LogP contribution in [0.2, 0.25) is 0 Å². The Morgan fingerprint density at radius 3 is 2.10 bits per heavy atom. The third-order valence-corrected chi connectivity index (χ3v) is 4.97. The predicted octanol–water partition coefficient (Wildman–Crippen LogP) is 4.09. The molecule has 0 aromatic heterocycles. The molecule has 1 saturated heterocycles. The van der Waals surface area contributed by atoms with Gasteiger partial charge in [0.15, 0.2) is 0 Å². The summed E-state index contributed by atoms with van der Waals surface area (Å²) >= 11 is 0. The Hall–Kier alpha value is -2.94. The summed E-state index contributed by atoms with van der Waals surface area (Å²) in [4.78, 5) is 14.5. The molecule has 1 fully saturated rings. The summed E-state index contributed by atoms with van der Waals surface area (Å²) in [7, 11) is 4.53. The number of likely N-dealkylation sites (tertiary alicyclic amines) is 1. The summed E-state index contributed by atoms with van der Waals surface area (Å²) in [6, 6.07) is 10.4. The molecule has 0 spiro atoms. The number of carbonyl (C=O) groups excluding carboxylic acids is 1. The third-order valence-electron chi connectivity index (χ3n) is 4.97. The van der Waals surface area contributed by atoms with E-state index < -0.39 is 12.5 Å². The van der Waals surface area contributed by atoms with E-state index in [1.165, 1.54) is 45.6 Å². The predicted molar refractivity (Wildman–Crippen MR) is 101 cm³/mol. The molecule has 1 amide bonds. The van der Waals surface area contributed by atoms with Crippen molar-refractivity contribution in [2.75, 3.05) is 21.3 Å². The van der Waals surface area contributed by atoms with E-state index in [0.29, 0.717) is 29.0 Å². The van der Waals surface area contributed by atoms with Crippen molar-refractivity contribution in [2.24, 2.45) is 0 Å². The van der Waals surface area contributed by atoms with Gasteiger partial charge in [-0.05, 0) is 29.8 Å². The zero-order valence-corrected chi connectivity index (χ0v) is 16.7. The zero-order valence-electron chi connectivity index (χ0n) is 16.7. The van der Waals surface area contributed by atoms with E-state index in [1.54, 1.807) is 23.1 Å². The lowest BCUT2D eigenvalue weighted by molar-refractivity contribution is -0.274. The molecule has 0 bridgehead atoms. The third kappa shape index (κ3) is 4.62. The highest BCUT2D eigenvalue weighted by atomic mass is 19.4. The Kier molecular flexibility index (Phi) is 6.40. The molecule has 0 N–H and O–H groups in total. The van der Waals surface area contributed by atoms with E-state index in [2.05, 4.69) is 4.74 Å². The fraction of sp³-hybridized carbons (Fsp3) is 0.381. The molecule has 0 saturated carbocycles. The molecule has 0 radical (unpaired) electrons. The molecule has 1 aliphatic rings. The van der Waals surface area contributed by atoms with E-state index in [0.717, 1.165) is 0 Å². The van der Waals surface area contributed by atoms with Gasteiger partial charge < -0.3 is 23.8 Å². The van der Waals surface area contributed by atoms with Gasteiger partial charge in [-0.2, -0.15) is 0 Å². The average Bonchev–Trinajstić information content (AvgIpc) is 3.02. The van der Waals surface area contributed by atoms with Crippen LogP contribution in [0, 0.1) is 0 Å². The highest BCUT2D eigenvalue weighted by Gasteiger charge is 2.42. The Balaban J connectivity index is 1.91. The standard InChI is InChI=1S/C21H22F3NO5/c1-27-16-5-4-6-17(28-2)19(16)15-11-18(29-3)20(26)25(15)12-13-7-9-14(10-8-13)30-21(22,23)24/h4-10,15,18H,11-12H2,1-3H3/t15-,18-/m0/s1. The lowest BCUT2D eigenvalue weighted by atomic mass is 10.0. The molecule has 0 aliphatic carbocycles. The molecule has 2 aromatic rings. The van der Waals surface area contributed by atoms with Gasteiger partial charge >= 0.3 is 6.36 Å². The van der Waals surface area contributed by atoms with Crippen LogP contribution in [0.4, 0.5) is 13.2 Å². The van der Waals surface area contributed by atoms with Gasteiger partial charge in [-0.3, -0.25) is 4.79 Å². The molecule has 1 heterocycles. The van der Waals surface area contributed by atoms with Crippen molar-refractivity contribution in [3.8, 4) is 17.2 Å². The van der Waals surface area contributed by atoms with Gasteiger partial charge in [0, 0.05) is 20.1 Å². The second-order valence-corrected chi connectivity index (χ2v) is 6.71. The second-order valence-electron chi connectivity index (χ2n) is 6.71. The van der Waals surface area contributed by atoms with Gasteiger partial charge in [0.1, 0.15) is 23.4 Å². The fourth-order valence-corrected chi connectivity index (χ4v) is 3.63. The molecule has 0 unspecified atom stereocenters. The van der Waals surface area contributed by atoms with Gasteiger partial charge in [-0.15, -0.1) is 13.2 Å². The number of rotatable bonds is 7. The molecule has 2 atom stereocenters. The van der Waals surface area contributed by atoms with Crippen molar-refractivity contribution < 1.29 is 36.9 Å². The number of methoxy groups -OCH3 is 3.